The molecule has 0 radical (unpaired) electrons. The molecular weight excluding hydrogens is 372 g/mol. The van der Waals surface area contributed by atoms with E-state index >= 15 is 0 Å². The van der Waals surface area contributed by atoms with Crippen LogP contribution in [0.1, 0.15) is 25.3 Å². The lowest BCUT2D eigenvalue weighted by atomic mass is 9.57. The lowest BCUT2D eigenvalue weighted by Crippen LogP contribution is -2.54. The standard InChI is InChI=1S/C17H17BrN4S/c1-10-8-17(9-10,15-20-21-16(23)22(15)2)12-6-11-4-3-5-19-14(11)13(18)7-12/h3-7,10,15H,8-9H2,1-2H3. The quantitative estimate of drug-likeness (QED) is 0.701. The molecule has 0 N–H and O–H groups in total. The van der Waals surface area contributed by atoms with Crippen molar-refractivity contribution in [3.63, 3.8) is 0 Å². The minimum atomic E-state index is -0.0230. The van der Waals surface area contributed by atoms with E-state index in [9.17, 15) is 0 Å². The second-order valence-corrected chi connectivity index (χ2v) is 7.90. The second-order valence-electron chi connectivity index (χ2n) is 6.69. The zero-order valence-electron chi connectivity index (χ0n) is 13.0. The van der Waals surface area contributed by atoms with E-state index in [1.807, 2.05) is 24.2 Å². The number of azo groups is 1. The van der Waals surface area contributed by atoms with Crippen molar-refractivity contribution < 1.29 is 0 Å². The molecule has 4 nitrogen and oxygen atoms in total. The van der Waals surface area contributed by atoms with Gasteiger partial charge in [-0.3, -0.25) is 4.98 Å². The fraction of sp³-hybridized carbons (Fsp3) is 0.412. The number of halogens is 1. The Morgan fingerprint density at radius 1 is 1.35 bits per heavy atom. The van der Waals surface area contributed by atoms with E-state index in [0.717, 1.165) is 28.2 Å². The third kappa shape index (κ3) is 2.22. The number of hydrogen-bond acceptors (Lipinski definition) is 3. The molecule has 2 aromatic rings. The molecule has 1 unspecified atom stereocenters. The van der Waals surface area contributed by atoms with Crippen LogP contribution in [0.2, 0.25) is 0 Å². The Balaban J connectivity index is 1.86. The number of thiocarbonyl (C=S) groups is 1. The van der Waals surface area contributed by atoms with Crippen LogP contribution in [0, 0.1) is 5.92 Å². The maximum Gasteiger partial charge on any atom is 0.217 e. The van der Waals surface area contributed by atoms with Crippen molar-refractivity contribution in [2.45, 2.75) is 31.3 Å². The molecular formula is C17H17BrN4S. The molecule has 1 aliphatic heterocycles. The van der Waals surface area contributed by atoms with E-state index in [1.54, 1.807) is 0 Å². The summed E-state index contributed by atoms with van der Waals surface area (Å²) in [5.74, 6) is 0.691. The first-order chi connectivity index (χ1) is 11.0. The first kappa shape index (κ1) is 15.1. The van der Waals surface area contributed by atoms with E-state index in [2.05, 4.69) is 56.3 Å². The lowest BCUT2D eigenvalue weighted by molar-refractivity contribution is 0.0801. The van der Waals surface area contributed by atoms with Gasteiger partial charge in [0.25, 0.3) is 0 Å². The summed E-state index contributed by atoms with van der Waals surface area (Å²) >= 11 is 8.98. The molecule has 2 aliphatic rings. The fourth-order valence-electron chi connectivity index (χ4n) is 4.05. The average molecular weight is 389 g/mol. The van der Waals surface area contributed by atoms with Gasteiger partial charge in [-0.1, -0.05) is 13.0 Å². The van der Waals surface area contributed by atoms with Gasteiger partial charge in [0.15, 0.2) is 6.17 Å². The summed E-state index contributed by atoms with van der Waals surface area (Å²) in [4.78, 5) is 6.50. The molecule has 0 saturated heterocycles. The molecule has 0 spiro atoms. The highest BCUT2D eigenvalue weighted by Crippen LogP contribution is 2.53. The molecule has 1 saturated carbocycles. The summed E-state index contributed by atoms with van der Waals surface area (Å²) in [6.07, 6.45) is 4.02. The van der Waals surface area contributed by atoms with Gasteiger partial charge in [0.05, 0.1) is 5.52 Å². The smallest absolute Gasteiger partial charge is 0.217 e. The van der Waals surface area contributed by atoms with Crippen molar-refractivity contribution in [2.24, 2.45) is 16.1 Å². The minimum absolute atomic E-state index is 0.00720. The summed E-state index contributed by atoms with van der Waals surface area (Å²) in [6, 6.07) is 8.54. The van der Waals surface area contributed by atoms with Crippen molar-refractivity contribution in [2.75, 3.05) is 7.05 Å². The van der Waals surface area contributed by atoms with Crippen molar-refractivity contribution in [1.29, 1.82) is 0 Å². The van der Waals surface area contributed by atoms with Gasteiger partial charge in [-0.05, 0) is 70.7 Å². The third-order valence-electron chi connectivity index (χ3n) is 5.07. The molecule has 1 aliphatic carbocycles. The third-order valence-corrected chi connectivity index (χ3v) is 6.05. The molecule has 0 bridgehead atoms. The molecule has 1 aromatic heterocycles. The van der Waals surface area contributed by atoms with Gasteiger partial charge >= 0.3 is 0 Å². The summed E-state index contributed by atoms with van der Waals surface area (Å²) in [7, 11) is 2.00. The molecule has 1 atom stereocenters. The Morgan fingerprint density at radius 2 is 2.13 bits per heavy atom. The number of nitrogens with zero attached hydrogens (tertiary/aromatic N) is 4. The van der Waals surface area contributed by atoms with Gasteiger partial charge in [0.1, 0.15) is 0 Å². The zero-order chi connectivity index (χ0) is 16.2. The molecule has 118 valence electrons. The zero-order valence-corrected chi connectivity index (χ0v) is 15.4. The molecule has 0 amide bonds. The summed E-state index contributed by atoms with van der Waals surface area (Å²) in [5.41, 5.74) is 2.27. The number of benzene rings is 1. The van der Waals surface area contributed by atoms with Crippen LogP contribution in [0.15, 0.2) is 45.2 Å². The number of likely N-dealkylation sites (N-methyl/N-ethyl adjacent to an activating group) is 1. The van der Waals surface area contributed by atoms with E-state index < -0.39 is 0 Å². The Bertz CT molecular complexity index is 828. The van der Waals surface area contributed by atoms with E-state index in [-0.39, 0.29) is 11.6 Å². The highest BCUT2D eigenvalue weighted by atomic mass is 79.9. The number of pyridine rings is 1. The van der Waals surface area contributed by atoms with E-state index in [1.165, 1.54) is 5.56 Å². The lowest BCUT2D eigenvalue weighted by Gasteiger charge is -2.51. The van der Waals surface area contributed by atoms with Crippen LogP contribution in [-0.2, 0) is 5.41 Å². The van der Waals surface area contributed by atoms with Crippen molar-refractivity contribution in [1.82, 2.24) is 9.88 Å². The van der Waals surface area contributed by atoms with Gasteiger partial charge < -0.3 is 4.90 Å². The topological polar surface area (TPSA) is 40.9 Å². The van der Waals surface area contributed by atoms with Crippen LogP contribution < -0.4 is 0 Å². The van der Waals surface area contributed by atoms with Crippen LogP contribution in [0.3, 0.4) is 0 Å². The summed E-state index contributed by atoms with van der Waals surface area (Å²) < 4.78 is 1.03. The van der Waals surface area contributed by atoms with Crippen molar-refractivity contribution in [3.05, 3.63) is 40.5 Å². The van der Waals surface area contributed by atoms with Crippen LogP contribution in [0.5, 0.6) is 0 Å². The summed E-state index contributed by atoms with van der Waals surface area (Å²) in [6.45, 7) is 2.29. The predicted octanol–water partition coefficient (Wildman–Crippen LogP) is 4.67. The van der Waals surface area contributed by atoms with Gasteiger partial charge in [-0.25, -0.2) is 0 Å². The van der Waals surface area contributed by atoms with Crippen molar-refractivity contribution in [3.8, 4) is 0 Å². The van der Waals surface area contributed by atoms with E-state index in [4.69, 9.17) is 12.2 Å². The number of aromatic nitrogens is 1. The number of hydrogen-bond donors (Lipinski definition) is 0. The second kappa shape index (κ2) is 5.31. The number of rotatable bonds is 2. The highest BCUT2D eigenvalue weighted by Gasteiger charge is 2.53. The van der Waals surface area contributed by atoms with Crippen LogP contribution >= 0.6 is 28.1 Å². The fourth-order valence-corrected chi connectivity index (χ4v) is 4.78. The van der Waals surface area contributed by atoms with Crippen LogP contribution in [0.4, 0.5) is 0 Å². The molecule has 1 fully saturated rings. The maximum absolute atomic E-state index is 5.29. The molecule has 2 heterocycles. The highest BCUT2D eigenvalue weighted by molar-refractivity contribution is 9.10. The molecule has 23 heavy (non-hydrogen) atoms. The summed E-state index contributed by atoms with van der Waals surface area (Å²) in [5, 5.41) is 10.4. The Labute approximate surface area is 149 Å². The van der Waals surface area contributed by atoms with E-state index in [0.29, 0.717) is 11.0 Å². The van der Waals surface area contributed by atoms with Gasteiger partial charge in [-0.15, -0.1) is 5.11 Å². The first-order valence-corrected chi connectivity index (χ1v) is 8.94. The molecule has 1 aromatic carbocycles. The van der Waals surface area contributed by atoms with Crippen molar-refractivity contribution >= 4 is 44.2 Å². The SMILES string of the molecule is CC1CC(c2cc(Br)c3ncccc3c2)(C2N=NC(=S)N2C)C1. The number of fused-ring (bicyclic) bond motifs is 1. The monoisotopic (exact) mass is 388 g/mol. The Hall–Kier alpha value is -1.40. The Kier molecular flexibility index (Phi) is 3.50. The van der Waals surface area contributed by atoms with Crippen LogP contribution in [0.25, 0.3) is 10.9 Å². The average Bonchev–Trinajstić information content (AvgIpc) is 2.84. The van der Waals surface area contributed by atoms with Gasteiger partial charge in [-0.2, -0.15) is 5.11 Å². The molecule has 4 rings (SSSR count). The normalized spacial score (nSPS) is 30.0. The first-order valence-electron chi connectivity index (χ1n) is 7.74. The molecule has 6 heteroatoms. The van der Waals surface area contributed by atoms with Gasteiger partial charge in [0, 0.05) is 28.5 Å². The van der Waals surface area contributed by atoms with Gasteiger partial charge in [0.2, 0.25) is 5.11 Å². The largest absolute Gasteiger partial charge is 0.325 e. The minimum Gasteiger partial charge on any atom is -0.325 e. The predicted molar refractivity (Wildman–Crippen MR) is 98.5 cm³/mol. The van der Waals surface area contributed by atoms with Crippen LogP contribution in [-0.4, -0.2) is 28.2 Å². The maximum atomic E-state index is 5.29. The Morgan fingerprint density at radius 3 is 2.78 bits per heavy atom.